The minimum absolute atomic E-state index is 0.358. The molecular formula is C10H10O10. The van der Waals surface area contributed by atoms with Crippen LogP contribution in [-0.2, 0) is 24.0 Å². The molecule has 10 heteroatoms. The van der Waals surface area contributed by atoms with Crippen LogP contribution < -0.4 is 0 Å². The molecule has 0 heterocycles. The molecular weight excluding hydrogens is 280 g/mol. The zero-order valence-corrected chi connectivity index (χ0v) is 9.77. The minimum atomic E-state index is -1.54. The molecule has 0 bridgehead atoms. The molecule has 0 rings (SSSR count). The van der Waals surface area contributed by atoms with Gasteiger partial charge in [0.15, 0.2) is 0 Å². The third-order valence-corrected chi connectivity index (χ3v) is 1.43. The van der Waals surface area contributed by atoms with Crippen molar-refractivity contribution < 1.29 is 49.5 Å². The number of hydrogen-bond donors (Lipinski definition) is 5. The van der Waals surface area contributed by atoms with E-state index in [4.69, 9.17) is 25.5 Å². The van der Waals surface area contributed by atoms with E-state index in [2.05, 4.69) is 6.58 Å². The zero-order chi connectivity index (χ0) is 16.5. The fourth-order valence-corrected chi connectivity index (χ4v) is 0.592. The lowest BCUT2D eigenvalue weighted by molar-refractivity contribution is -0.140. The van der Waals surface area contributed by atoms with Gasteiger partial charge in [0.1, 0.15) is 5.57 Å². The van der Waals surface area contributed by atoms with Crippen LogP contribution in [0.2, 0.25) is 0 Å². The third-order valence-electron chi connectivity index (χ3n) is 1.43. The molecule has 0 amide bonds. The number of carboxylic acid groups (broad SMARTS) is 5. The van der Waals surface area contributed by atoms with Crippen molar-refractivity contribution in [3.05, 3.63) is 23.8 Å². The zero-order valence-electron chi connectivity index (χ0n) is 9.77. The molecule has 10 nitrogen and oxygen atoms in total. The molecule has 0 spiro atoms. The van der Waals surface area contributed by atoms with Gasteiger partial charge >= 0.3 is 29.8 Å². The summed E-state index contributed by atoms with van der Waals surface area (Å²) in [4.78, 5) is 49.5. The van der Waals surface area contributed by atoms with Gasteiger partial charge in [-0.1, -0.05) is 6.58 Å². The van der Waals surface area contributed by atoms with Crippen LogP contribution in [0.1, 0.15) is 6.42 Å². The minimum Gasteiger partial charge on any atom is -0.481 e. The number of carboxylic acids is 5. The predicted octanol–water partition coefficient (Wildman–Crippen LogP) is -0.732. The van der Waals surface area contributed by atoms with Gasteiger partial charge < -0.3 is 25.5 Å². The third kappa shape index (κ3) is 10.0. The lowest BCUT2D eigenvalue weighted by atomic mass is 10.2. The molecule has 0 unspecified atom stereocenters. The van der Waals surface area contributed by atoms with E-state index in [1.54, 1.807) is 0 Å². The first-order chi connectivity index (χ1) is 8.98. The molecule has 110 valence electrons. The van der Waals surface area contributed by atoms with E-state index in [1.807, 2.05) is 0 Å². The van der Waals surface area contributed by atoms with Gasteiger partial charge in [-0.15, -0.1) is 0 Å². The summed E-state index contributed by atoms with van der Waals surface area (Å²) >= 11 is 0. The topological polar surface area (TPSA) is 186 Å². The Morgan fingerprint density at radius 3 is 1.35 bits per heavy atom. The van der Waals surface area contributed by atoms with Crippen molar-refractivity contribution >= 4 is 29.8 Å². The molecule has 0 aromatic heterocycles. The van der Waals surface area contributed by atoms with E-state index in [9.17, 15) is 24.0 Å². The summed E-state index contributed by atoms with van der Waals surface area (Å²) < 4.78 is 0. The summed E-state index contributed by atoms with van der Waals surface area (Å²) in [5, 5.41) is 40.3. The second kappa shape index (κ2) is 8.85. The monoisotopic (exact) mass is 290 g/mol. The summed E-state index contributed by atoms with van der Waals surface area (Å²) in [6.45, 7) is 2.75. The number of carbonyl (C=O) groups is 5. The standard InChI is InChI=1S/C6H6O6.C4H4O4/c7-4(8)1-3(6(11)12)2-5(9)10;1-2(3(5)6)4(7)8/h1H,2H2,(H,7,8)(H,9,10)(H,11,12);1H2,(H,5,6)(H,7,8). The Balaban J connectivity index is 0. The van der Waals surface area contributed by atoms with Crippen LogP contribution in [0.25, 0.3) is 0 Å². The van der Waals surface area contributed by atoms with Crippen molar-refractivity contribution in [3.8, 4) is 0 Å². The highest BCUT2D eigenvalue weighted by Crippen LogP contribution is 2.00. The summed E-state index contributed by atoms with van der Waals surface area (Å²) in [5.41, 5.74) is -1.47. The molecule has 0 aromatic carbocycles. The molecule has 0 aliphatic rings. The van der Waals surface area contributed by atoms with Crippen molar-refractivity contribution in [2.24, 2.45) is 0 Å². The van der Waals surface area contributed by atoms with Crippen LogP contribution in [0, 0.1) is 0 Å². The fourth-order valence-electron chi connectivity index (χ4n) is 0.592. The molecule has 0 aromatic rings. The molecule has 0 saturated carbocycles. The lowest BCUT2D eigenvalue weighted by Crippen LogP contribution is -2.08. The SMILES string of the molecule is C=C(C(=O)O)C(=O)O.O=C(O)C=C(CC(=O)O)C(=O)O. The summed E-state index contributed by atoms with van der Waals surface area (Å²) in [7, 11) is 0. The van der Waals surface area contributed by atoms with Crippen LogP contribution in [0.4, 0.5) is 0 Å². The molecule has 20 heavy (non-hydrogen) atoms. The molecule has 0 fully saturated rings. The maximum Gasteiger partial charge on any atom is 0.342 e. The summed E-state index contributed by atoms with van der Waals surface area (Å²) in [5.74, 6) is -7.41. The van der Waals surface area contributed by atoms with Crippen molar-refractivity contribution in [1.29, 1.82) is 0 Å². The summed E-state index contributed by atoms with van der Waals surface area (Å²) in [6.07, 6.45) is -0.446. The Kier molecular flexibility index (Phi) is 8.49. The van der Waals surface area contributed by atoms with Gasteiger partial charge in [0.2, 0.25) is 0 Å². The Labute approximate surface area is 110 Å². The normalized spacial score (nSPS) is 9.70. The Morgan fingerprint density at radius 2 is 1.20 bits per heavy atom. The predicted molar refractivity (Wildman–Crippen MR) is 60.0 cm³/mol. The molecule has 0 aliphatic heterocycles. The number of hydrogen-bond acceptors (Lipinski definition) is 5. The van der Waals surface area contributed by atoms with E-state index in [-0.39, 0.29) is 0 Å². The van der Waals surface area contributed by atoms with Crippen molar-refractivity contribution in [2.75, 3.05) is 0 Å². The second-order valence-corrected chi connectivity index (χ2v) is 2.97. The van der Waals surface area contributed by atoms with Gasteiger partial charge in [-0.05, 0) is 0 Å². The molecule has 0 radical (unpaired) electrons. The Hall–Kier alpha value is -3.17. The lowest BCUT2D eigenvalue weighted by Gasteiger charge is -1.94. The van der Waals surface area contributed by atoms with Crippen LogP contribution in [0.5, 0.6) is 0 Å². The maximum absolute atomic E-state index is 10.2. The first-order valence-electron chi connectivity index (χ1n) is 4.53. The van der Waals surface area contributed by atoms with Crippen molar-refractivity contribution in [2.45, 2.75) is 6.42 Å². The number of aliphatic carboxylic acids is 5. The van der Waals surface area contributed by atoms with Gasteiger partial charge in [0, 0.05) is 6.08 Å². The number of rotatable bonds is 6. The molecule has 0 aliphatic carbocycles. The summed E-state index contributed by atoms with van der Waals surface area (Å²) in [6, 6.07) is 0. The quantitative estimate of drug-likeness (QED) is 0.237. The van der Waals surface area contributed by atoms with Crippen LogP contribution >= 0.6 is 0 Å². The van der Waals surface area contributed by atoms with E-state index in [0.29, 0.717) is 6.08 Å². The molecule has 0 saturated heterocycles. The Bertz CT molecular complexity index is 468. The van der Waals surface area contributed by atoms with E-state index < -0.39 is 47.4 Å². The first-order valence-corrected chi connectivity index (χ1v) is 4.53. The van der Waals surface area contributed by atoms with Crippen LogP contribution in [0.3, 0.4) is 0 Å². The highest BCUT2D eigenvalue weighted by Gasteiger charge is 2.13. The van der Waals surface area contributed by atoms with Gasteiger partial charge in [-0.25, -0.2) is 19.2 Å². The highest BCUT2D eigenvalue weighted by molar-refractivity contribution is 6.11. The van der Waals surface area contributed by atoms with E-state index in [1.165, 1.54) is 0 Å². The van der Waals surface area contributed by atoms with Crippen molar-refractivity contribution in [3.63, 3.8) is 0 Å². The van der Waals surface area contributed by atoms with Gasteiger partial charge in [0.05, 0.1) is 12.0 Å². The highest BCUT2D eigenvalue weighted by atomic mass is 16.4. The van der Waals surface area contributed by atoms with Crippen molar-refractivity contribution in [1.82, 2.24) is 0 Å². The smallest absolute Gasteiger partial charge is 0.342 e. The average Bonchev–Trinajstić information content (AvgIpc) is 2.26. The van der Waals surface area contributed by atoms with Crippen LogP contribution in [0.15, 0.2) is 23.8 Å². The largest absolute Gasteiger partial charge is 0.481 e. The van der Waals surface area contributed by atoms with Gasteiger partial charge in [-0.3, -0.25) is 4.79 Å². The second-order valence-electron chi connectivity index (χ2n) is 2.97. The Morgan fingerprint density at radius 1 is 0.800 bits per heavy atom. The van der Waals surface area contributed by atoms with E-state index in [0.717, 1.165) is 0 Å². The first kappa shape index (κ1) is 19.2. The van der Waals surface area contributed by atoms with Gasteiger partial charge in [0.25, 0.3) is 0 Å². The van der Waals surface area contributed by atoms with E-state index >= 15 is 0 Å². The fraction of sp³-hybridized carbons (Fsp3) is 0.100. The molecule has 0 atom stereocenters. The van der Waals surface area contributed by atoms with Crippen LogP contribution in [-0.4, -0.2) is 55.4 Å². The average molecular weight is 290 g/mol. The molecule has 5 N–H and O–H groups in total. The maximum atomic E-state index is 10.2. The van der Waals surface area contributed by atoms with Gasteiger partial charge in [-0.2, -0.15) is 0 Å².